The van der Waals surface area contributed by atoms with Crippen LogP contribution in [0.3, 0.4) is 0 Å². The number of anilines is 1. The lowest BCUT2D eigenvalue weighted by molar-refractivity contribution is -0.123. The Morgan fingerprint density at radius 2 is 2.03 bits per heavy atom. The highest BCUT2D eigenvalue weighted by molar-refractivity contribution is 7.13. The number of aromatic nitrogens is 3. The van der Waals surface area contributed by atoms with Crippen molar-refractivity contribution in [1.82, 2.24) is 14.8 Å². The number of pyridine rings is 1. The minimum absolute atomic E-state index is 0.141. The van der Waals surface area contributed by atoms with Crippen LogP contribution in [-0.2, 0) is 16.6 Å². The predicted molar refractivity (Wildman–Crippen MR) is 123 cm³/mol. The number of thiophene rings is 1. The normalized spacial score (nSPS) is 13.2. The van der Waals surface area contributed by atoms with Gasteiger partial charge in [0.05, 0.1) is 27.2 Å². The van der Waals surface area contributed by atoms with Crippen molar-refractivity contribution >= 4 is 39.9 Å². The number of esters is 1. The highest BCUT2D eigenvalue weighted by Gasteiger charge is 2.25. The molecule has 1 atom stereocenters. The predicted octanol–water partition coefficient (Wildman–Crippen LogP) is 3.92. The molecular formula is C23H20N4O5S. The van der Waals surface area contributed by atoms with Crippen LogP contribution in [-0.4, -0.2) is 39.5 Å². The summed E-state index contributed by atoms with van der Waals surface area (Å²) in [6.45, 7) is 3.47. The number of amides is 1. The number of hydrogen-bond acceptors (Lipinski definition) is 8. The zero-order chi connectivity index (χ0) is 23.1. The lowest BCUT2D eigenvalue weighted by atomic mass is 10.1. The third-order valence-electron chi connectivity index (χ3n) is 5.26. The number of rotatable bonds is 5. The number of nitrogens with zero attached hydrogens (tertiary/aromatic N) is 3. The smallest absolute Gasteiger partial charge is 0.339 e. The van der Waals surface area contributed by atoms with Crippen LogP contribution in [0.25, 0.3) is 21.6 Å². The van der Waals surface area contributed by atoms with E-state index < -0.39 is 18.0 Å². The molecule has 168 valence electrons. The number of aryl methyl sites for hydroxylation is 2. The van der Waals surface area contributed by atoms with Crippen molar-refractivity contribution in [3.8, 4) is 22.1 Å². The van der Waals surface area contributed by atoms with E-state index >= 15 is 0 Å². The van der Waals surface area contributed by atoms with Crippen LogP contribution < -0.4 is 14.8 Å². The van der Waals surface area contributed by atoms with Gasteiger partial charge in [-0.15, -0.1) is 11.3 Å². The van der Waals surface area contributed by atoms with Crippen LogP contribution >= 0.6 is 11.3 Å². The Hall–Kier alpha value is -3.92. The van der Waals surface area contributed by atoms with E-state index in [2.05, 4.69) is 15.4 Å². The first-order chi connectivity index (χ1) is 15.9. The van der Waals surface area contributed by atoms with Gasteiger partial charge in [-0.05, 0) is 43.5 Å². The highest BCUT2D eigenvalue weighted by Crippen LogP contribution is 2.34. The van der Waals surface area contributed by atoms with Crippen molar-refractivity contribution < 1.29 is 23.8 Å². The second kappa shape index (κ2) is 8.21. The molecule has 3 aromatic heterocycles. The van der Waals surface area contributed by atoms with Crippen LogP contribution in [0.5, 0.6) is 11.5 Å². The molecule has 33 heavy (non-hydrogen) atoms. The molecule has 1 aliphatic heterocycles. The molecule has 0 bridgehead atoms. The van der Waals surface area contributed by atoms with Crippen molar-refractivity contribution in [3.63, 3.8) is 0 Å². The molecule has 0 saturated carbocycles. The molecular weight excluding hydrogens is 444 g/mol. The molecule has 1 unspecified atom stereocenters. The SMILES string of the molecule is Cc1nn(C)c2nc(-c3cccs3)cc(C(=O)OC(C)C(=O)Nc3ccc4c(c3)OCO4)c12. The maximum atomic E-state index is 13.2. The minimum atomic E-state index is -1.03. The number of hydrogen-bond donors (Lipinski definition) is 1. The molecule has 4 heterocycles. The molecule has 1 amide bonds. The zero-order valence-corrected chi connectivity index (χ0v) is 18.9. The van der Waals surface area contributed by atoms with Crippen molar-refractivity contribution in [2.45, 2.75) is 20.0 Å². The van der Waals surface area contributed by atoms with Gasteiger partial charge in [0, 0.05) is 18.8 Å². The second-order valence-electron chi connectivity index (χ2n) is 7.54. The third kappa shape index (κ3) is 3.89. The summed E-state index contributed by atoms with van der Waals surface area (Å²) in [5, 5.41) is 9.68. The van der Waals surface area contributed by atoms with Gasteiger partial charge in [0.1, 0.15) is 0 Å². The molecule has 4 aromatic rings. The maximum Gasteiger partial charge on any atom is 0.339 e. The topological polar surface area (TPSA) is 105 Å². The first-order valence-corrected chi connectivity index (χ1v) is 11.1. The van der Waals surface area contributed by atoms with Crippen LogP contribution in [0.15, 0.2) is 41.8 Å². The van der Waals surface area contributed by atoms with Gasteiger partial charge < -0.3 is 19.5 Å². The number of carbonyl (C=O) groups is 2. The van der Waals surface area contributed by atoms with Gasteiger partial charge in [0.15, 0.2) is 23.3 Å². The van der Waals surface area contributed by atoms with Gasteiger partial charge in [-0.1, -0.05) is 6.07 Å². The van der Waals surface area contributed by atoms with Crippen LogP contribution in [0.4, 0.5) is 5.69 Å². The standard InChI is InChI=1S/C23H20N4O5S/c1-12-20-15(10-16(19-5-4-8-33-19)25-21(20)27(3)26-12)23(29)32-13(2)22(28)24-14-6-7-17-18(9-14)31-11-30-17/h4-10,13H,11H2,1-3H3,(H,24,28). The molecule has 0 radical (unpaired) electrons. The highest BCUT2D eigenvalue weighted by atomic mass is 32.1. The van der Waals surface area contributed by atoms with Crippen molar-refractivity contribution in [2.75, 3.05) is 12.1 Å². The summed E-state index contributed by atoms with van der Waals surface area (Å²) in [7, 11) is 1.77. The Labute approximate surface area is 192 Å². The zero-order valence-electron chi connectivity index (χ0n) is 18.1. The second-order valence-corrected chi connectivity index (χ2v) is 8.49. The summed E-state index contributed by atoms with van der Waals surface area (Å²) in [6.07, 6.45) is -1.03. The van der Waals surface area contributed by atoms with E-state index in [4.69, 9.17) is 14.2 Å². The molecule has 0 spiro atoms. The van der Waals surface area contributed by atoms with Crippen molar-refractivity contribution in [2.24, 2.45) is 7.05 Å². The molecule has 1 aromatic carbocycles. The van der Waals surface area contributed by atoms with Gasteiger partial charge in [-0.2, -0.15) is 5.10 Å². The molecule has 0 fully saturated rings. The fourth-order valence-corrected chi connectivity index (χ4v) is 4.34. The van der Waals surface area contributed by atoms with E-state index in [-0.39, 0.29) is 6.79 Å². The summed E-state index contributed by atoms with van der Waals surface area (Å²) in [5.74, 6) is 0.0749. The first-order valence-electron chi connectivity index (χ1n) is 10.2. The van der Waals surface area contributed by atoms with E-state index in [0.29, 0.717) is 45.2 Å². The van der Waals surface area contributed by atoms with E-state index in [1.54, 1.807) is 42.9 Å². The van der Waals surface area contributed by atoms with E-state index in [1.165, 1.54) is 18.3 Å². The van der Waals surface area contributed by atoms with Gasteiger partial charge in [0.2, 0.25) is 6.79 Å². The van der Waals surface area contributed by atoms with Crippen LogP contribution in [0.1, 0.15) is 23.0 Å². The van der Waals surface area contributed by atoms with Gasteiger partial charge in [-0.3, -0.25) is 9.48 Å². The van der Waals surface area contributed by atoms with E-state index in [0.717, 1.165) is 4.88 Å². The average molecular weight is 465 g/mol. The number of nitrogens with one attached hydrogen (secondary N) is 1. The monoisotopic (exact) mass is 464 g/mol. The van der Waals surface area contributed by atoms with Gasteiger partial charge in [0.25, 0.3) is 5.91 Å². The molecule has 0 saturated heterocycles. The Balaban J connectivity index is 1.39. The third-order valence-corrected chi connectivity index (χ3v) is 6.15. The summed E-state index contributed by atoms with van der Waals surface area (Å²) in [6, 6.07) is 10.6. The van der Waals surface area contributed by atoms with Gasteiger partial charge in [-0.25, -0.2) is 9.78 Å². The number of benzene rings is 1. The molecule has 10 heteroatoms. The summed E-state index contributed by atoms with van der Waals surface area (Å²) in [5.41, 5.74) is 2.70. The number of ether oxygens (including phenoxy) is 3. The maximum absolute atomic E-state index is 13.2. The lowest BCUT2D eigenvalue weighted by Crippen LogP contribution is -2.30. The lowest BCUT2D eigenvalue weighted by Gasteiger charge is -2.15. The Bertz CT molecular complexity index is 1380. The first kappa shape index (κ1) is 21.0. The molecule has 1 N–H and O–H groups in total. The summed E-state index contributed by atoms with van der Waals surface area (Å²) in [4.78, 5) is 31.4. The average Bonchev–Trinajstić information content (AvgIpc) is 3.54. The number of carbonyl (C=O) groups excluding carboxylic acids is 2. The summed E-state index contributed by atoms with van der Waals surface area (Å²) >= 11 is 1.52. The summed E-state index contributed by atoms with van der Waals surface area (Å²) < 4.78 is 17.8. The fourth-order valence-electron chi connectivity index (χ4n) is 3.65. The van der Waals surface area contributed by atoms with Gasteiger partial charge >= 0.3 is 5.97 Å². The molecule has 1 aliphatic rings. The molecule has 5 rings (SSSR count). The van der Waals surface area contributed by atoms with Crippen molar-refractivity contribution in [3.05, 3.63) is 53.0 Å². The number of fused-ring (bicyclic) bond motifs is 2. The molecule has 9 nitrogen and oxygen atoms in total. The van der Waals surface area contributed by atoms with Crippen LogP contribution in [0, 0.1) is 6.92 Å². The fraction of sp³-hybridized carbons (Fsp3) is 0.217. The quantitative estimate of drug-likeness (QED) is 0.447. The minimum Gasteiger partial charge on any atom is -0.454 e. The Morgan fingerprint density at radius 1 is 1.21 bits per heavy atom. The Kier molecular flexibility index (Phi) is 5.21. The largest absolute Gasteiger partial charge is 0.454 e. The Morgan fingerprint density at radius 3 is 2.82 bits per heavy atom. The van der Waals surface area contributed by atoms with Crippen molar-refractivity contribution in [1.29, 1.82) is 0 Å². The molecule has 0 aliphatic carbocycles. The van der Waals surface area contributed by atoms with E-state index in [1.807, 2.05) is 17.5 Å². The van der Waals surface area contributed by atoms with Crippen LogP contribution in [0.2, 0.25) is 0 Å². The van der Waals surface area contributed by atoms with E-state index in [9.17, 15) is 9.59 Å².